The molecule has 0 spiro atoms. The molecule has 0 amide bonds. The van der Waals surface area contributed by atoms with Gasteiger partial charge in [0.1, 0.15) is 5.58 Å². The SMILES string of the molecule is COC(=O)Cc1c(Br)oc2cc(C)cc(C)c12. The van der Waals surface area contributed by atoms with Crippen molar-refractivity contribution in [2.45, 2.75) is 20.3 Å². The number of furan rings is 1. The fraction of sp³-hybridized carbons (Fsp3) is 0.308. The molecule has 0 saturated carbocycles. The lowest BCUT2D eigenvalue weighted by Gasteiger charge is -2.01. The largest absolute Gasteiger partial charge is 0.469 e. The molecule has 1 aromatic carbocycles. The van der Waals surface area contributed by atoms with Crippen molar-refractivity contribution in [2.24, 2.45) is 0 Å². The molecule has 0 aliphatic heterocycles. The zero-order valence-electron chi connectivity index (χ0n) is 9.96. The van der Waals surface area contributed by atoms with Crippen LogP contribution in [0.5, 0.6) is 0 Å². The first-order valence-electron chi connectivity index (χ1n) is 5.28. The molecule has 3 nitrogen and oxygen atoms in total. The molecule has 2 rings (SSSR count). The molecule has 0 aliphatic rings. The number of methoxy groups -OCH3 is 1. The zero-order valence-corrected chi connectivity index (χ0v) is 11.6. The molecule has 1 aromatic heterocycles. The van der Waals surface area contributed by atoms with E-state index in [0.717, 1.165) is 27.7 Å². The summed E-state index contributed by atoms with van der Waals surface area (Å²) < 4.78 is 10.9. The van der Waals surface area contributed by atoms with E-state index >= 15 is 0 Å². The van der Waals surface area contributed by atoms with Crippen molar-refractivity contribution < 1.29 is 13.9 Å². The van der Waals surface area contributed by atoms with Gasteiger partial charge in [0.2, 0.25) is 0 Å². The standard InChI is InChI=1S/C13H13BrO3/c1-7-4-8(2)12-9(6-11(15)16-3)13(14)17-10(12)5-7/h4-5H,6H2,1-3H3. The Morgan fingerprint density at radius 2 is 2.12 bits per heavy atom. The Labute approximate surface area is 108 Å². The minimum Gasteiger partial charge on any atom is -0.469 e. The molecular weight excluding hydrogens is 284 g/mol. The summed E-state index contributed by atoms with van der Waals surface area (Å²) in [7, 11) is 1.38. The lowest BCUT2D eigenvalue weighted by Crippen LogP contribution is -2.04. The Balaban J connectivity index is 2.62. The summed E-state index contributed by atoms with van der Waals surface area (Å²) >= 11 is 3.35. The summed E-state index contributed by atoms with van der Waals surface area (Å²) in [4.78, 5) is 11.4. The molecule has 1 heterocycles. The van der Waals surface area contributed by atoms with Crippen LogP contribution in [-0.2, 0) is 16.0 Å². The van der Waals surface area contributed by atoms with Crippen LogP contribution < -0.4 is 0 Å². The van der Waals surface area contributed by atoms with Gasteiger partial charge in [-0.2, -0.15) is 0 Å². The van der Waals surface area contributed by atoms with Crippen LogP contribution in [0.4, 0.5) is 0 Å². The molecule has 0 unspecified atom stereocenters. The highest BCUT2D eigenvalue weighted by Gasteiger charge is 2.17. The molecule has 0 N–H and O–H groups in total. The van der Waals surface area contributed by atoms with Gasteiger partial charge in [-0.3, -0.25) is 4.79 Å². The number of hydrogen-bond donors (Lipinski definition) is 0. The molecule has 0 aliphatic carbocycles. The Kier molecular flexibility index (Phi) is 3.24. The second kappa shape index (κ2) is 4.53. The summed E-state index contributed by atoms with van der Waals surface area (Å²) in [6, 6.07) is 4.04. The summed E-state index contributed by atoms with van der Waals surface area (Å²) in [5.41, 5.74) is 3.90. The van der Waals surface area contributed by atoms with Gasteiger partial charge in [-0.25, -0.2) is 0 Å². The van der Waals surface area contributed by atoms with E-state index < -0.39 is 0 Å². The van der Waals surface area contributed by atoms with Crippen LogP contribution in [0.25, 0.3) is 11.0 Å². The highest BCUT2D eigenvalue weighted by Crippen LogP contribution is 2.33. The average Bonchev–Trinajstić information content (AvgIpc) is 2.55. The van der Waals surface area contributed by atoms with Gasteiger partial charge < -0.3 is 9.15 Å². The van der Waals surface area contributed by atoms with Crippen LogP contribution in [0.3, 0.4) is 0 Å². The second-order valence-corrected chi connectivity index (χ2v) is 4.78. The van der Waals surface area contributed by atoms with Gasteiger partial charge >= 0.3 is 5.97 Å². The Hall–Kier alpha value is -1.29. The smallest absolute Gasteiger partial charge is 0.310 e. The first-order chi connectivity index (χ1) is 8.02. The number of esters is 1. The van der Waals surface area contributed by atoms with Crippen LogP contribution in [0.1, 0.15) is 16.7 Å². The molecule has 0 bridgehead atoms. The Morgan fingerprint density at radius 3 is 2.76 bits per heavy atom. The summed E-state index contributed by atoms with van der Waals surface area (Å²) in [5, 5.41) is 0.993. The van der Waals surface area contributed by atoms with Gasteiger partial charge in [0.15, 0.2) is 4.67 Å². The second-order valence-electron chi connectivity index (χ2n) is 4.06. The lowest BCUT2D eigenvalue weighted by molar-refractivity contribution is -0.139. The number of halogens is 1. The van der Waals surface area contributed by atoms with E-state index in [9.17, 15) is 4.79 Å². The van der Waals surface area contributed by atoms with Crippen molar-refractivity contribution in [1.29, 1.82) is 0 Å². The van der Waals surface area contributed by atoms with E-state index in [2.05, 4.69) is 26.7 Å². The fourth-order valence-electron chi connectivity index (χ4n) is 2.03. The van der Waals surface area contributed by atoms with Crippen molar-refractivity contribution in [3.05, 3.63) is 33.5 Å². The van der Waals surface area contributed by atoms with Crippen molar-refractivity contribution in [3.8, 4) is 0 Å². The van der Waals surface area contributed by atoms with E-state index in [1.807, 2.05) is 19.9 Å². The number of carbonyl (C=O) groups excluding carboxylic acids is 1. The van der Waals surface area contributed by atoms with E-state index in [1.165, 1.54) is 7.11 Å². The summed E-state index contributed by atoms with van der Waals surface area (Å²) in [6.07, 6.45) is 0.216. The molecular formula is C13H13BrO3. The summed E-state index contributed by atoms with van der Waals surface area (Å²) in [6.45, 7) is 4.03. The Morgan fingerprint density at radius 1 is 1.41 bits per heavy atom. The van der Waals surface area contributed by atoms with E-state index in [1.54, 1.807) is 0 Å². The fourth-order valence-corrected chi connectivity index (χ4v) is 2.54. The third-order valence-electron chi connectivity index (χ3n) is 2.73. The minimum absolute atomic E-state index is 0.216. The molecule has 90 valence electrons. The summed E-state index contributed by atoms with van der Waals surface area (Å²) in [5.74, 6) is -0.270. The number of aryl methyl sites for hydroxylation is 2. The van der Waals surface area contributed by atoms with Crippen LogP contribution in [0.2, 0.25) is 0 Å². The molecule has 17 heavy (non-hydrogen) atoms. The highest BCUT2D eigenvalue weighted by molar-refractivity contribution is 9.10. The van der Waals surface area contributed by atoms with Gasteiger partial charge in [0.05, 0.1) is 13.5 Å². The Bertz CT molecular complexity index is 584. The number of hydrogen-bond acceptors (Lipinski definition) is 3. The maximum Gasteiger partial charge on any atom is 0.310 e. The van der Waals surface area contributed by atoms with Crippen LogP contribution in [0.15, 0.2) is 21.2 Å². The molecule has 0 saturated heterocycles. The topological polar surface area (TPSA) is 39.4 Å². The number of fused-ring (bicyclic) bond motifs is 1. The van der Waals surface area contributed by atoms with Crippen LogP contribution in [-0.4, -0.2) is 13.1 Å². The first kappa shape index (κ1) is 12.2. The number of benzene rings is 1. The van der Waals surface area contributed by atoms with Crippen molar-refractivity contribution in [3.63, 3.8) is 0 Å². The van der Waals surface area contributed by atoms with Gasteiger partial charge in [-0.15, -0.1) is 0 Å². The average molecular weight is 297 g/mol. The van der Waals surface area contributed by atoms with Crippen molar-refractivity contribution in [1.82, 2.24) is 0 Å². The highest BCUT2D eigenvalue weighted by atomic mass is 79.9. The van der Waals surface area contributed by atoms with Crippen molar-refractivity contribution >= 4 is 32.9 Å². The number of carbonyl (C=O) groups is 1. The molecule has 4 heteroatoms. The van der Waals surface area contributed by atoms with E-state index in [0.29, 0.717) is 4.67 Å². The van der Waals surface area contributed by atoms with Crippen LogP contribution in [0, 0.1) is 13.8 Å². The van der Waals surface area contributed by atoms with Gasteiger partial charge in [0, 0.05) is 10.9 Å². The third kappa shape index (κ3) is 2.22. The van der Waals surface area contributed by atoms with E-state index in [4.69, 9.17) is 4.42 Å². The quantitative estimate of drug-likeness (QED) is 0.796. The molecule has 0 radical (unpaired) electrons. The molecule has 0 fully saturated rings. The van der Waals surface area contributed by atoms with Gasteiger partial charge in [0.25, 0.3) is 0 Å². The van der Waals surface area contributed by atoms with E-state index in [-0.39, 0.29) is 12.4 Å². The molecule has 0 atom stereocenters. The molecule has 2 aromatic rings. The van der Waals surface area contributed by atoms with Gasteiger partial charge in [-0.1, -0.05) is 6.07 Å². The lowest BCUT2D eigenvalue weighted by atomic mass is 10.0. The number of ether oxygens (including phenoxy) is 1. The monoisotopic (exact) mass is 296 g/mol. The maximum absolute atomic E-state index is 11.4. The predicted octanol–water partition coefficient (Wildman–Crippen LogP) is 3.53. The first-order valence-corrected chi connectivity index (χ1v) is 6.07. The van der Waals surface area contributed by atoms with Crippen LogP contribution >= 0.6 is 15.9 Å². The maximum atomic E-state index is 11.4. The number of rotatable bonds is 2. The minimum atomic E-state index is -0.270. The zero-order chi connectivity index (χ0) is 12.6. The van der Waals surface area contributed by atoms with Gasteiger partial charge in [-0.05, 0) is 47.0 Å². The predicted molar refractivity (Wildman–Crippen MR) is 69.1 cm³/mol. The third-order valence-corrected chi connectivity index (χ3v) is 3.37. The van der Waals surface area contributed by atoms with Crippen molar-refractivity contribution in [2.75, 3.05) is 7.11 Å². The normalized spacial score (nSPS) is 10.8.